The minimum atomic E-state index is -0.318. The van der Waals surface area contributed by atoms with Crippen LogP contribution in [0.5, 0.6) is 0 Å². The molecule has 1 aliphatic heterocycles. The maximum Gasteiger partial charge on any atom is 0.293 e. The monoisotopic (exact) mass is 324 g/mol. The summed E-state index contributed by atoms with van der Waals surface area (Å²) in [5.41, 5.74) is 0.340. The van der Waals surface area contributed by atoms with E-state index in [1.54, 1.807) is 12.1 Å². The number of anilines is 1. The summed E-state index contributed by atoms with van der Waals surface area (Å²) < 4.78 is 17.2. The molecule has 0 aromatic heterocycles. The molecule has 5 nitrogen and oxygen atoms in total. The van der Waals surface area contributed by atoms with Crippen LogP contribution in [0.25, 0.3) is 0 Å². The number of nitrogens with one attached hydrogen (secondary N) is 2. The molecule has 0 saturated carbocycles. The maximum absolute atomic E-state index is 12.7. The predicted octanol–water partition coefficient (Wildman–Crippen LogP) is 2.72. The molecule has 0 atom stereocenters. The lowest BCUT2D eigenvalue weighted by molar-refractivity contribution is -0.138. The van der Waals surface area contributed by atoms with E-state index in [2.05, 4.69) is 15.4 Å². The Morgan fingerprint density at radius 3 is 2.26 bits per heavy atom. The lowest BCUT2D eigenvalue weighted by atomic mass is 9.97. The van der Waals surface area contributed by atoms with E-state index in [1.807, 2.05) is 20.8 Å². The molecule has 0 radical (unpaired) electrons. The number of carbonyl (C=O) groups is 2. The third kappa shape index (κ3) is 8.30. The van der Waals surface area contributed by atoms with Gasteiger partial charge in [0.15, 0.2) is 0 Å². The largest absolute Gasteiger partial charge is 0.462 e. The summed E-state index contributed by atoms with van der Waals surface area (Å²) in [5, 5.41) is 6.02. The number of amides is 1. The average Bonchev–Trinajstić information content (AvgIpc) is 2.50. The lowest BCUT2D eigenvalue weighted by Crippen LogP contribution is -2.34. The number of hydrogen-bond donors (Lipinski definition) is 2. The quantitative estimate of drug-likeness (QED) is 0.839. The van der Waals surface area contributed by atoms with E-state index >= 15 is 0 Å². The molecule has 23 heavy (non-hydrogen) atoms. The molecule has 6 heteroatoms. The highest BCUT2D eigenvalue weighted by Crippen LogP contribution is 2.15. The fourth-order valence-corrected chi connectivity index (χ4v) is 2.01. The van der Waals surface area contributed by atoms with Gasteiger partial charge in [0.1, 0.15) is 11.4 Å². The number of rotatable bonds is 3. The second-order valence-corrected chi connectivity index (χ2v) is 6.35. The van der Waals surface area contributed by atoms with Crippen LogP contribution in [0, 0.1) is 11.7 Å². The van der Waals surface area contributed by atoms with Gasteiger partial charge in [0.05, 0.1) is 0 Å². The smallest absolute Gasteiger partial charge is 0.293 e. The minimum Gasteiger partial charge on any atom is -0.462 e. The van der Waals surface area contributed by atoms with Crippen LogP contribution >= 0.6 is 0 Å². The molecule has 0 unspecified atom stereocenters. The first-order chi connectivity index (χ1) is 10.8. The highest BCUT2D eigenvalue weighted by atomic mass is 19.1. The second kappa shape index (κ2) is 9.25. The molecule has 0 spiro atoms. The van der Waals surface area contributed by atoms with Crippen LogP contribution in [0.4, 0.5) is 10.1 Å². The van der Waals surface area contributed by atoms with Crippen LogP contribution in [-0.4, -0.2) is 31.1 Å². The number of ether oxygens (including phenoxy) is 1. The normalized spacial score (nSPS) is 15.1. The number of carbonyl (C=O) groups excluding carboxylic acids is 2. The van der Waals surface area contributed by atoms with Crippen molar-refractivity contribution in [3.63, 3.8) is 0 Å². The van der Waals surface area contributed by atoms with Gasteiger partial charge in [-0.2, -0.15) is 0 Å². The Kier molecular flexibility index (Phi) is 7.68. The predicted molar refractivity (Wildman–Crippen MR) is 87.5 cm³/mol. The third-order valence-corrected chi connectivity index (χ3v) is 3.22. The van der Waals surface area contributed by atoms with Crippen LogP contribution < -0.4 is 10.6 Å². The number of piperidine rings is 1. The van der Waals surface area contributed by atoms with E-state index in [-0.39, 0.29) is 23.2 Å². The van der Waals surface area contributed by atoms with Crippen LogP contribution in [0.2, 0.25) is 0 Å². The number of benzene rings is 1. The Balaban J connectivity index is 0.000000322. The molecule has 1 aromatic rings. The first-order valence-electron chi connectivity index (χ1n) is 7.70. The van der Waals surface area contributed by atoms with Gasteiger partial charge in [-0.25, -0.2) is 4.39 Å². The Labute approximate surface area is 136 Å². The summed E-state index contributed by atoms with van der Waals surface area (Å²) in [6.07, 6.45) is 1.74. The highest BCUT2D eigenvalue weighted by molar-refractivity contribution is 5.92. The summed E-state index contributed by atoms with van der Waals surface area (Å²) in [6, 6.07) is 5.85. The average molecular weight is 324 g/mol. The summed E-state index contributed by atoms with van der Waals surface area (Å²) in [4.78, 5) is 21.4. The number of hydrogen-bond acceptors (Lipinski definition) is 4. The summed E-state index contributed by atoms with van der Waals surface area (Å²) in [7, 11) is 0. The van der Waals surface area contributed by atoms with Crippen molar-refractivity contribution in [3.05, 3.63) is 30.1 Å². The number of halogens is 1. The maximum atomic E-state index is 12.7. The van der Waals surface area contributed by atoms with Crippen LogP contribution in [-0.2, 0) is 14.3 Å². The molecule has 1 saturated heterocycles. The molecule has 1 fully saturated rings. The fourth-order valence-electron chi connectivity index (χ4n) is 2.01. The molecule has 1 amide bonds. The van der Waals surface area contributed by atoms with Gasteiger partial charge in [-0.05, 0) is 71.0 Å². The molecule has 0 aliphatic carbocycles. The minimum absolute atomic E-state index is 0.0353. The molecule has 2 N–H and O–H groups in total. The summed E-state index contributed by atoms with van der Waals surface area (Å²) >= 11 is 0. The highest BCUT2D eigenvalue weighted by Gasteiger charge is 2.20. The van der Waals surface area contributed by atoms with Gasteiger partial charge >= 0.3 is 0 Å². The Morgan fingerprint density at radius 2 is 1.83 bits per heavy atom. The van der Waals surface area contributed by atoms with Gasteiger partial charge in [0.2, 0.25) is 5.91 Å². The topological polar surface area (TPSA) is 67.4 Å². The second-order valence-electron chi connectivity index (χ2n) is 6.35. The Morgan fingerprint density at radius 1 is 1.26 bits per heavy atom. The van der Waals surface area contributed by atoms with Gasteiger partial charge in [0.25, 0.3) is 6.47 Å². The zero-order valence-corrected chi connectivity index (χ0v) is 13.9. The van der Waals surface area contributed by atoms with E-state index in [4.69, 9.17) is 0 Å². The van der Waals surface area contributed by atoms with Crippen molar-refractivity contribution in [3.8, 4) is 0 Å². The van der Waals surface area contributed by atoms with Gasteiger partial charge in [-0.15, -0.1) is 0 Å². The summed E-state index contributed by atoms with van der Waals surface area (Å²) in [5.74, 6) is -0.181. The molecule has 2 rings (SSSR count). The zero-order valence-electron chi connectivity index (χ0n) is 13.9. The Hall–Kier alpha value is -1.95. The molecule has 0 bridgehead atoms. The van der Waals surface area contributed by atoms with Crippen molar-refractivity contribution < 1.29 is 18.7 Å². The lowest BCUT2D eigenvalue weighted by Gasteiger charge is -2.21. The van der Waals surface area contributed by atoms with Crippen molar-refractivity contribution >= 4 is 18.1 Å². The van der Waals surface area contributed by atoms with E-state index in [1.165, 1.54) is 12.1 Å². The van der Waals surface area contributed by atoms with Crippen molar-refractivity contribution in [2.75, 3.05) is 18.4 Å². The van der Waals surface area contributed by atoms with Crippen LogP contribution in [0.15, 0.2) is 24.3 Å². The molecule has 1 aromatic carbocycles. The van der Waals surface area contributed by atoms with Gasteiger partial charge in [-0.3, -0.25) is 9.59 Å². The zero-order chi connectivity index (χ0) is 17.3. The molecule has 1 aliphatic rings. The molecule has 128 valence electrons. The van der Waals surface area contributed by atoms with Crippen LogP contribution in [0.1, 0.15) is 33.6 Å². The van der Waals surface area contributed by atoms with E-state index in [0.29, 0.717) is 12.2 Å². The summed E-state index contributed by atoms with van der Waals surface area (Å²) in [6.45, 7) is 7.70. The van der Waals surface area contributed by atoms with E-state index in [9.17, 15) is 14.0 Å². The fraction of sp³-hybridized carbons (Fsp3) is 0.529. The van der Waals surface area contributed by atoms with E-state index in [0.717, 1.165) is 25.9 Å². The van der Waals surface area contributed by atoms with Crippen molar-refractivity contribution in [2.45, 2.75) is 39.2 Å². The third-order valence-electron chi connectivity index (χ3n) is 3.22. The standard InChI is InChI=1S/C12H15FN2O.C5H10O2/c13-10-1-3-11(4-2-10)15-12(16)9-5-7-14-8-6-9;1-5(2,3)7-4-6/h1-4,9,14H,5-8H2,(H,15,16);4H,1-3H3. The van der Waals surface area contributed by atoms with Gasteiger partial charge < -0.3 is 15.4 Å². The first-order valence-corrected chi connectivity index (χ1v) is 7.70. The van der Waals surface area contributed by atoms with Crippen molar-refractivity contribution in [1.29, 1.82) is 0 Å². The van der Waals surface area contributed by atoms with E-state index < -0.39 is 0 Å². The molecular weight excluding hydrogens is 299 g/mol. The van der Waals surface area contributed by atoms with Gasteiger partial charge in [0, 0.05) is 11.6 Å². The van der Waals surface area contributed by atoms with Crippen molar-refractivity contribution in [2.24, 2.45) is 5.92 Å². The van der Waals surface area contributed by atoms with Crippen molar-refractivity contribution in [1.82, 2.24) is 5.32 Å². The first kappa shape index (κ1) is 19.1. The van der Waals surface area contributed by atoms with Crippen LogP contribution in [0.3, 0.4) is 0 Å². The van der Waals surface area contributed by atoms with Gasteiger partial charge in [-0.1, -0.05) is 0 Å². The molecule has 1 heterocycles. The Bertz CT molecular complexity index is 492. The molecular formula is C17H25FN2O3. The SMILES string of the molecule is CC(C)(C)OC=O.O=C(Nc1ccc(F)cc1)C1CCNCC1.